The molecule has 0 aromatic carbocycles. The first-order chi connectivity index (χ1) is 9.47. The molecule has 1 fully saturated rings. The van der Waals surface area contributed by atoms with E-state index in [1.54, 1.807) is 0 Å². The van der Waals surface area contributed by atoms with Gasteiger partial charge in [-0.2, -0.15) is 0 Å². The van der Waals surface area contributed by atoms with E-state index in [0.717, 1.165) is 24.9 Å². The molecule has 0 spiro atoms. The van der Waals surface area contributed by atoms with E-state index >= 15 is 0 Å². The monoisotopic (exact) mass is 284 g/mol. The van der Waals surface area contributed by atoms with E-state index < -0.39 is 0 Å². The summed E-state index contributed by atoms with van der Waals surface area (Å²) in [5.74, 6) is 1.77. The van der Waals surface area contributed by atoms with Crippen LogP contribution in [0.15, 0.2) is 0 Å². The van der Waals surface area contributed by atoms with Crippen LogP contribution in [-0.4, -0.2) is 49.7 Å². The van der Waals surface area contributed by atoms with Crippen molar-refractivity contribution >= 4 is 5.91 Å². The maximum atomic E-state index is 11.8. The third-order valence-corrected chi connectivity index (χ3v) is 3.75. The number of likely N-dealkylation sites (tertiary alicyclic amines) is 1. The molecular weight excluding hydrogens is 252 g/mol. The summed E-state index contributed by atoms with van der Waals surface area (Å²) in [4.78, 5) is 14.1. The first-order valence-corrected chi connectivity index (χ1v) is 8.08. The van der Waals surface area contributed by atoms with Gasteiger partial charge < -0.3 is 10.1 Å². The molecule has 0 bridgehead atoms. The number of hydrogen-bond acceptors (Lipinski definition) is 3. The summed E-state index contributed by atoms with van der Waals surface area (Å²) >= 11 is 0. The molecule has 118 valence electrons. The molecule has 4 heteroatoms. The van der Waals surface area contributed by atoms with Crippen LogP contribution in [0.5, 0.6) is 0 Å². The molecule has 0 aliphatic carbocycles. The van der Waals surface area contributed by atoms with Gasteiger partial charge in [-0.1, -0.05) is 13.8 Å². The highest BCUT2D eigenvalue weighted by atomic mass is 16.5. The fourth-order valence-corrected chi connectivity index (χ4v) is 2.79. The number of carbonyl (C=O) groups is 1. The van der Waals surface area contributed by atoms with Gasteiger partial charge in [-0.05, 0) is 58.0 Å². The average Bonchev–Trinajstić information content (AvgIpc) is 2.36. The Morgan fingerprint density at radius 1 is 1.25 bits per heavy atom. The first-order valence-electron chi connectivity index (χ1n) is 8.08. The predicted molar refractivity (Wildman–Crippen MR) is 82.7 cm³/mol. The molecule has 1 aliphatic rings. The van der Waals surface area contributed by atoms with Crippen LogP contribution in [0.2, 0.25) is 0 Å². The molecule has 0 atom stereocenters. The summed E-state index contributed by atoms with van der Waals surface area (Å²) < 4.78 is 5.40. The maximum Gasteiger partial charge on any atom is 0.234 e. The number of ether oxygens (including phenoxy) is 1. The topological polar surface area (TPSA) is 41.6 Å². The number of hydrogen-bond donors (Lipinski definition) is 1. The molecule has 1 saturated heterocycles. The van der Waals surface area contributed by atoms with Gasteiger partial charge in [0.05, 0.1) is 19.3 Å². The third kappa shape index (κ3) is 7.85. The van der Waals surface area contributed by atoms with E-state index in [0.29, 0.717) is 19.7 Å². The second-order valence-corrected chi connectivity index (χ2v) is 6.62. The highest BCUT2D eigenvalue weighted by Crippen LogP contribution is 2.23. The standard InChI is InChI=1S/C16H32N2O2/c1-13(2)11-15-5-8-18(9-6-15)12-16(19)17-7-10-20-14(3)4/h13-15H,5-12H2,1-4H3,(H,17,19). The molecule has 1 amide bonds. The van der Waals surface area contributed by atoms with E-state index in [-0.39, 0.29) is 12.0 Å². The lowest BCUT2D eigenvalue weighted by Crippen LogP contribution is -2.42. The van der Waals surface area contributed by atoms with Crippen molar-refractivity contribution in [1.82, 2.24) is 10.2 Å². The number of carbonyl (C=O) groups excluding carboxylic acids is 1. The second-order valence-electron chi connectivity index (χ2n) is 6.62. The van der Waals surface area contributed by atoms with Gasteiger partial charge in [-0.3, -0.25) is 9.69 Å². The number of piperidine rings is 1. The van der Waals surface area contributed by atoms with Crippen LogP contribution in [0.25, 0.3) is 0 Å². The lowest BCUT2D eigenvalue weighted by atomic mass is 9.89. The number of nitrogens with zero attached hydrogens (tertiary/aromatic N) is 1. The normalized spacial score (nSPS) is 17.9. The zero-order chi connectivity index (χ0) is 15.0. The Morgan fingerprint density at radius 2 is 1.90 bits per heavy atom. The van der Waals surface area contributed by atoms with Crippen LogP contribution >= 0.6 is 0 Å². The van der Waals surface area contributed by atoms with Crippen molar-refractivity contribution < 1.29 is 9.53 Å². The molecular formula is C16H32N2O2. The van der Waals surface area contributed by atoms with Crippen LogP contribution < -0.4 is 5.32 Å². The Bertz CT molecular complexity index is 272. The van der Waals surface area contributed by atoms with Crippen LogP contribution in [0.4, 0.5) is 0 Å². The van der Waals surface area contributed by atoms with Gasteiger partial charge in [0.1, 0.15) is 0 Å². The van der Waals surface area contributed by atoms with Crippen molar-refractivity contribution in [2.75, 3.05) is 32.8 Å². The van der Waals surface area contributed by atoms with E-state index in [2.05, 4.69) is 24.1 Å². The van der Waals surface area contributed by atoms with Gasteiger partial charge >= 0.3 is 0 Å². The summed E-state index contributed by atoms with van der Waals surface area (Å²) in [6.45, 7) is 12.5. The van der Waals surface area contributed by atoms with Crippen LogP contribution in [0, 0.1) is 11.8 Å². The molecule has 0 saturated carbocycles. The Labute approximate surface area is 124 Å². The van der Waals surface area contributed by atoms with Gasteiger partial charge in [-0.25, -0.2) is 0 Å². The van der Waals surface area contributed by atoms with E-state index in [1.165, 1.54) is 19.3 Å². The van der Waals surface area contributed by atoms with Gasteiger partial charge in [0.15, 0.2) is 0 Å². The van der Waals surface area contributed by atoms with Gasteiger partial charge in [0, 0.05) is 6.54 Å². The second kappa shape index (κ2) is 9.35. The lowest BCUT2D eigenvalue weighted by Gasteiger charge is -2.32. The Balaban J connectivity index is 2.09. The summed E-state index contributed by atoms with van der Waals surface area (Å²) in [5, 5.41) is 2.92. The molecule has 1 heterocycles. The largest absolute Gasteiger partial charge is 0.377 e. The van der Waals surface area contributed by atoms with Crippen molar-refractivity contribution in [1.29, 1.82) is 0 Å². The van der Waals surface area contributed by atoms with E-state index in [4.69, 9.17) is 4.74 Å². The Morgan fingerprint density at radius 3 is 2.45 bits per heavy atom. The molecule has 0 aromatic heterocycles. The fraction of sp³-hybridized carbons (Fsp3) is 0.938. The summed E-state index contributed by atoms with van der Waals surface area (Å²) in [7, 11) is 0. The highest BCUT2D eigenvalue weighted by molar-refractivity contribution is 5.77. The van der Waals surface area contributed by atoms with Gasteiger partial charge in [0.2, 0.25) is 5.91 Å². The zero-order valence-electron chi connectivity index (χ0n) is 13.7. The van der Waals surface area contributed by atoms with Crippen molar-refractivity contribution in [3.8, 4) is 0 Å². The molecule has 1 aliphatic heterocycles. The smallest absolute Gasteiger partial charge is 0.234 e. The minimum Gasteiger partial charge on any atom is -0.377 e. The zero-order valence-corrected chi connectivity index (χ0v) is 13.7. The van der Waals surface area contributed by atoms with E-state index in [9.17, 15) is 4.79 Å². The van der Waals surface area contributed by atoms with Crippen LogP contribution in [0.1, 0.15) is 47.0 Å². The summed E-state index contributed by atoms with van der Waals surface area (Å²) in [6.07, 6.45) is 4.03. The summed E-state index contributed by atoms with van der Waals surface area (Å²) in [6, 6.07) is 0. The highest BCUT2D eigenvalue weighted by Gasteiger charge is 2.21. The lowest BCUT2D eigenvalue weighted by molar-refractivity contribution is -0.122. The average molecular weight is 284 g/mol. The van der Waals surface area contributed by atoms with Gasteiger partial charge in [-0.15, -0.1) is 0 Å². The van der Waals surface area contributed by atoms with Crippen LogP contribution in [0.3, 0.4) is 0 Å². The molecule has 0 aromatic rings. The molecule has 0 radical (unpaired) electrons. The number of rotatable bonds is 8. The fourth-order valence-electron chi connectivity index (χ4n) is 2.79. The first kappa shape index (κ1) is 17.4. The molecule has 4 nitrogen and oxygen atoms in total. The molecule has 1 N–H and O–H groups in total. The van der Waals surface area contributed by atoms with Crippen molar-refractivity contribution in [2.45, 2.75) is 53.1 Å². The third-order valence-electron chi connectivity index (χ3n) is 3.75. The van der Waals surface area contributed by atoms with Gasteiger partial charge in [0.25, 0.3) is 0 Å². The molecule has 0 unspecified atom stereocenters. The van der Waals surface area contributed by atoms with Crippen molar-refractivity contribution in [3.63, 3.8) is 0 Å². The minimum absolute atomic E-state index is 0.125. The molecule has 20 heavy (non-hydrogen) atoms. The minimum atomic E-state index is 0.125. The Hall–Kier alpha value is -0.610. The quantitative estimate of drug-likeness (QED) is 0.695. The van der Waals surface area contributed by atoms with E-state index in [1.807, 2.05) is 13.8 Å². The Kier molecular flexibility index (Phi) is 8.15. The maximum absolute atomic E-state index is 11.8. The number of nitrogens with one attached hydrogen (secondary N) is 1. The van der Waals surface area contributed by atoms with Crippen molar-refractivity contribution in [3.05, 3.63) is 0 Å². The molecule has 1 rings (SSSR count). The summed E-state index contributed by atoms with van der Waals surface area (Å²) in [5.41, 5.74) is 0. The SMILES string of the molecule is CC(C)CC1CCN(CC(=O)NCCOC(C)C)CC1. The predicted octanol–water partition coefficient (Wildman–Crippen LogP) is 2.29. The number of amides is 1. The van der Waals surface area contributed by atoms with Crippen LogP contribution in [-0.2, 0) is 9.53 Å². The van der Waals surface area contributed by atoms with Crippen molar-refractivity contribution in [2.24, 2.45) is 11.8 Å².